The standard InChI is InChI=1S/C17H20N6O2/c1-2-6-20-16-12(15(18)24)10-21-17(23-16)22-11-4-5-14-13(9-11)19-7-3-8-25-14/h2,4-5,9-10,19H,1,3,6-8H2,(H2,18,24)(H2,20,21,22,23). The first kappa shape index (κ1) is 16.6. The molecule has 0 spiro atoms. The van der Waals surface area contributed by atoms with E-state index in [9.17, 15) is 4.79 Å². The van der Waals surface area contributed by atoms with Crippen LogP contribution in [0.1, 0.15) is 16.8 Å². The highest BCUT2D eigenvalue weighted by Crippen LogP contribution is 2.30. The van der Waals surface area contributed by atoms with E-state index in [2.05, 4.69) is 32.5 Å². The Morgan fingerprint density at radius 1 is 1.48 bits per heavy atom. The first-order chi connectivity index (χ1) is 12.2. The lowest BCUT2D eigenvalue weighted by molar-refractivity contribution is 0.100. The van der Waals surface area contributed by atoms with Gasteiger partial charge in [-0.1, -0.05) is 6.08 Å². The quantitative estimate of drug-likeness (QED) is 0.595. The van der Waals surface area contributed by atoms with Gasteiger partial charge in [-0.15, -0.1) is 6.58 Å². The molecule has 1 amide bonds. The summed E-state index contributed by atoms with van der Waals surface area (Å²) in [7, 11) is 0. The Bertz CT molecular complexity index is 793. The van der Waals surface area contributed by atoms with Crippen LogP contribution in [-0.2, 0) is 0 Å². The van der Waals surface area contributed by atoms with E-state index in [1.54, 1.807) is 6.08 Å². The molecule has 0 radical (unpaired) electrons. The van der Waals surface area contributed by atoms with Crippen molar-refractivity contribution in [3.8, 4) is 5.75 Å². The number of rotatable bonds is 6. The summed E-state index contributed by atoms with van der Waals surface area (Å²) < 4.78 is 5.67. The number of primary amides is 1. The Balaban J connectivity index is 1.83. The van der Waals surface area contributed by atoms with E-state index < -0.39 is 5.91 Å². The molecule has 0 saturated carbocycles. The lowest BCUT2D eigenvalue weighted by atomic mass is 10.2. The van der Waals surface area contributed by atoms with Crippen LogP contribution < -0.4 is 26.4 Å². The number of hydrogen-bond donors (Lipinski definition) is 4. The summed E-state index contributed by atoms with van der Waals surface area (Å²) in [5.41, 5.74) is 7.30. The van der Waals surface area contributed by atoms with Crippen molar-refractivity contribution < 1.29 is 9.53 Å². The molecule has 1 aliphatic heterocycles. The van der Waals surface area contributed by atoms with Crippen molar-refractivity contribution in [3.63, 3.8) is 0 Å². The van der Waals surface area contributed by atoms with Crippen LogP contribution in [0.25, 0.3) is 0 Å². The van der Waals surface area contributed by atoms with Gasteiger partial charge >= 0.3 is 0 Å². The van der Waals surface area contributed by atoms with Crippen LogP contribution in [0.5, 0.6) is 5.75 Å². The molecule has 8 heteroatoms. The van der Waals surface area contributed by atoms with Crippen LogP contribution in [0, 0.1) is 0 Å². The lowest BCUT2D eigenvalue weighted by Crippen LogP contribution is -2.17. The fourth-order valence-corrected chi connectivity index (χ4v) is 2.40. The monoisotopic (exact) mass is 340 g/mol. The molecule has 0 bridgehead atoms. The summed E-state index contributed by atoms with van der Waals surface area (Å²) in [5.74, 6) is 0.943. The number of ether oxygens (including phenoxy) is 1. The number of amides is 1. The summed E-state index contributed by atoms with van der Waals surface area (Å²) >= 11 is 0. The van der Waals surface area contributed by atoms with E-state index >= 15 is 0 Å². The smallest absolute Gasteiger partial charge is 0.254 e. The molecule has 0 unspecified atom stereocenters. The molecule has 2 heterocycles. The second-order valence-corrected chi connectivity index (χ2v) is 5.45. The Kier molecular flexibility index (Phi) is 4.98. The van der Waals surface area contributed by atoms with Crippen molar-refractivity contribution in [1.29, 1.82) is 0 Å². The summed E-state index contributed by atoms with van der Waals surface area (Å²) in [4.78, 5) is 20.0. The van der Waals surface area contributed by atoms with Crippen LogP contribution in [-0.4, -0.2) is 35.6 Å². The molecule has 3 rings (SSSR count). The normalized spacial score (nSPS) is 12.8. The molecule has 1 aromatic carbocycles. The number of aromatic nitrogens is 2. The number of benzene rings is 1. The summed E-state index contributed by atoms with van der Waals surface area (Å²) in [6.07, 6.45) is 4.01. The van der Waals surface area contributed by atoms with Crippen LogP contribution in [0.4, 0.5) is 23.1 Å². The van der Waals surface area contributed by atoms with Crippen molar-refractivity contribution >= 4 is 29.0 Å². The van der Waals surface area contributed by atoms with Crippen LogP contribution in [0.15, 0.2) is 37.1 Å². The molecule has 0 saturated heterocycles. The Morgan fingerprint density at radius 2 is 2.36 bits per heavy atom. The fourth-order valence-electron chi connectivity index (χ4n) is 2.40. The second-order valence-electron chi connectivity index (χ2n) is 5.45. The minimum atomic E-state index is -0.593. The maximum atomic E-state index is 11.5. The number of nitrogens with two attached hydrogens (primary N) is 1. The highest BCUT2D eigenvalue weighted by Gasteiger charge is 2.13. The summed E-state index contributed by atoms with van der Waals surface area (Å²) in [6.45, 7) is 5.64. The van der Waals surface area contributed by atoms with Crippen molar-refractivity contribution in [3.05, 3.63) is 42.6 Å². The summed E-state index contributed by atoms with van der Waals surface area (Å²) in [5, 5.41) is 9.43. The van der Waals surface area contributed by atoms with Crippen molar-refractivity contribution in [2.45, 2.75) is 6.42 Å². The SMILES string of the molecule is C=CCNc1nc(Nc2ccc3c(c2)NCCCO3)ncc1C(N)=O. The van der Waals surface area contributed by atoms with Crippen LogP contribution in [0.3, 0.4) is 0 Å². The van der Waals surface area contributed by atoms with Crippen LogP contribution >= 0.6 is 0 Å². The molecule has 1 aromatic heterocycles. The first-order valence-electron chi connectivity index (χ1n) is 7.96. The zero-order valence-corrected chi connectivity index (χ0v) is 13.7. The average Bonchev–Trinajstić information content (AvgIpc) is 2.84. The minimum absolute atomic E-state index is 0.226. The van der Waals surface area contributed by atoms with Gasteiger partial charge in [0.05, 0.1) is 17.9 Å². The third-order valence-corrected chi connectivity index (χ3v) is 3.60. The maximum Gasteiger partial charge on any atom is 0.254 e. The Labute approximate surface area is 145 Å². The molecular weight excluding hydrogens is 320 g/mol. The van der Waals surface area contributed by atoms with Crippen molar-refractivity contribution in [2.24, 2.45) is 5.73 Å². The third kappa shape index (κ3) is 3.97. The number of fused-ring (bicyclic) bond motifs is 1. The Morgan fingerprint density at radius 3 is 3.16 bits per heavy atom. The Hall–Kier alpha value is -3.29. The highest BCUT2D eigenvalue weighted by molar-refractivity contribution is 5.97. The zero-order chi connectivity index (χ0) is 17.6. The number of hydrogen-bond acceptors (Lipinski definition) is 7. The van der Waals surface area contributed by atoms with E-state index in [-0.39, 0.29) is 5.56 Å². The van der Waals surface area contributed by atoms with Gasteiger partial charge in [0.2, 0.25) is 5.95 Å². The predicted octanol–water partition coefficient (Wildman–Crippen LogP) is 2.11. The van der Waals surface area contributed by atoms with Gasteiger partial charge in [0.25, 0.3) is 5.91 Å². The number of carbonyl (C=O) groups is 1. The molecule has 8 nitrogen and oxygen atoms in total. The number of anilines is 4. The first-order valence-corrected chi connectivity index (χ1v) is 7.96. The van der Waals surface area contributed by atoms with E-state index in [0.717, 1.165) is 30.1 Å². The van der Waals surface area contributed by atoms with Gasteiger partial charge in [0.15, 0.2) is 0 Å². The van der Waals surface area contributed by atoms with Crippen molar-refractivity contribution in [1.82, 2.24) is 9.97 Å². The summed E-state index contributed by atoms with van der Waals surface area (Å²) in [6, 6.07) is 5.71. The molecule has 25 heavy (non-hydrogen) atoms. The largest absolute Gasteiger partial charge is 0.491 e. The molecule has 0 atom stereocenters. The van der Waals surface area contributed by atoms with Crippen molar-refractivity contribution in [2.75, 3.05) is 35.6 Å². The van der Waals surface area contributed by atoms with E-state index in [1.165, 1.54) is 6.20 Å². The van der Waals surface area contributed by atoms with Gasteiger partial charge in [-0.05, 0) is 24.6 Å². The van der Waals surface area contributed by atoms with Gasteiger partial charge in [-0.25, -0.2) is 4.98 Å². The van der Waals surface area contributed by atoms with E-state index in [0.29, 0.717) is 24.9 Å². The van der Waals surface area contributed by atoms with Gasteiger partial charge in [-0.2, -0.15) is 4.98 Å². The number of carbonyl (C=O) groups excluding carboxylic acids is 1. The molecular formula is C17H20N6O2. The molecule has 0 fully saturated rings. The van der Waals surface area contributed by atoms with E-state index in [1.807, 2.05) is 18.2 Å². The minimum Gasteiger partial charge on any atom is -0.491 e. The zero-order valence-electron chi connectivity index (χ0n) is 13.7. The number of nitrogens with zero attached hydrogens (tertiary/aromatic N) is 2. The molecule has 0 aliphatic carbocycles. The fraction of sp³-hybridized carbons (Fsp3) is 0.235. The van der Waals surface area contributed by atoms with Gasteiger partial charge in [0, 0.05) is 25.0 Å². The van der Waals surface area contributed by atoms with Gasteiger partial charge < -0.3 is 26.4 Å². The molecule has 130 valence electrons. The lowest BCUT2D eigenvalue weighted by Gasteiger charge is -2.12. The molecule has 2 aromatic rings. The van der Waals surface area contributed by atoms with Gasteiger partial charge in [-0.3, -0.25) is 4.79 Å². The second kappa shape index (κ2) is 7.52. The third-order valence-electron chi connectivity index (χ3n) is 3.60. The highest BCUT2D eigenvalue weighted by atomic mass is 16.5. The van der Waals surface area contributed by atoms with Crippen LogP contribution in [0.2, 0.25) is 0 Å². The maximum absolute atomic E-state index is 11.5. The molecule has 1 aliphatic rings. The number of nitrogens with one attached hydrogen (secondary N) is 3. The topological polar surface area (TPSA) is 114 Å². The predicted molar refractivity (Wildman–Crippen MR) is 97.6 cm³/mol. The average molecular weight is 340 g/mol. The molecule has 5 N–H and O–H groups in total. The van der Waals surface area contributed by atoms with E-state index in [4.69, 9.17) is 10.5 Å². The van der Waals surface area contributed by atoms with Gasteiger partial charge in [0.1, 0.15) is 11.6 Å².